The van der Waals surface area contributed by atoms with Gasteiger partial charge in [-0.05, 0) is 30.5 Å². The van der Waals surface area contributed by atoms with Crippen LogP contribution in [0.25, 0.3) is 0 Å². The van der Waals surface area contributed by atoms with Crippen LogP contribution in [0.5, 0.6) is 0 Å². The Morgan fingerprint density at radius 2 is 2.16 bits per heavy atom. The Bertz CT molecular complexity index is 603. The number of nitrogens with one attached hydrogen (secondary N) is 2. The van der Waals surface area contributed by atoms with E-state index in [4.69, 9.17) is 0 Å². The zero-order valence-electron chi connectivity index (χ0n) is 10.5. The standard InChI is InChI=1S/C12H16N2O2S3/c1-2-4-13-7-11-6-12(9-18-11)19(15,16)14-10-3-5-17-8-10/h3,5-6,8-9,13-14H,2,4,7H2,1H3. The van der Waals surface area contributed by atoms with Gasteiger partial charge in [0, 0.05) is 22.2 Å². The van der Waals surface area contributed by atoms with E-state index < -0.39 is 10.0 Å². The van der Waals surface area contributed by atoms with Crippen molar-refractivity contribution < 1.29 is 8.42 Å². The van der Waals surface area contributed by atoms with E-state index in [1.54, 1.807) is 22.9 Å². The monoisotopic (exact) mass is 316 g/mol. The Morgan fingerprint density at radius 1 is 1.32 bits per heavy atom. The quantitative estimate of drug-likeness (QED) is 0.772. The van der Waals surface area contributed by atoms with Crippen LogP contribution in [0, 0.1) is 0 Å². The molecule has 0 amide bonds. The predicted molar refractivity (Wildman–Crippen MR) is 81.4 cm³/mol. The molecule has 4 nitrogen and oxygen atoms in total. The Labute approximate surface area is 121 Å². The first-order valence-corrected chi connectivity index (χ1v) is 9.25. The molecule has 0 radical (unpaired) electrons. The van der Waals surface area contributed by atoms with E-state index in [-0.39, 0.29) is 0 Å². The fraction of sp³-hybridized carbons (Fsp3) is 0.333. The third-order valence-electron chi connectivity index (χ3n) is 2.44. The smallest absolute Gasteiger partial charge is 0.262 e. The van der Waals surface area contributed by atoms with E-state index in [1.807, 2.05) is 5.38 Å². The maximum absolute atomic E-state index is 12.1. The summed E-state index contributed by atoms with van der Waals surface area (Å²) in [5, 5.41) is 8.55. The molecule has 0 saturated carbocycles. The van der Waals surface area contributed by atoms with E-state index in [1.165, 1.54) is 22.7 Å². The highest BCUT2D eigenvalue weighted by Crippen LogP contribution is 2.23. The van der Waals surface area contributed by atoms with E-state index in [2.05, 4.69) is 17.0 Å². The molecule has 0 fully saturated rings. The average molecular weight is 316 g/mol. The van der Waals surface area contributed by atoms with E-state index >= 15 is 0 Å². The van der Waals surface area contributed by atoms with Gasteiger partial charge in [0.25, 0.3) is 10.0 Å². The highest BCUT2D eigenvalue weighted by molar-refractivity contribution is 7.92. The zero-order valence-corrected chi connectivity index (χ0v) is 13.0. The first kappa shape index (κ1) is 14.5. The van der Waals surface area contributed by atoms with Gasteiger partial charge >= 0.3 is 0 Å². The molecule has 0 aromatic carbocycles. The summed E-state index contributed by atoms with van der Waals surface area (Å²) >= 11 is 2.92. The molecule has 0 saturated heterocycles. The van der Waals surface area contributed by atoms with Gasteiger partial charge in [0.1, 0.15) is 0 Å². The van der Waals surface area contributed by atoms with Crippen LogP contribution >= 0.6 is 22.7 Å². The fourth-order valence-electron chi connectivity index (χ4n) is 1.52. The summed E-state index contributed by atoms with van der Waals surface area (Å²) in [6.45, 7) is 3.75. The third-order valence-corrected chi connectivity index (χ3v) is 5.57. The molecule has 0 aliphatic heterocycles. The van der Waals surface area contributed by atoms with Crippen LogP contribution in [0.4, 0.5) is 5.69 Å². The topological polar surface area (TPSA) is 58.2 Å². The largest absolute Gasteiger partial charge is 0.312 e. The fourth-order valence-corrected chi connectivity index (χ4v) is 4.48. The summed E-state index contributed by atoms with van der Waals surface area (Å²) in [5.41, 5.74) is 0.613. The molecule has 19 heavy (non-hydrogen) atoms. The Kier molecular flexibility index (Phi) is 4.98. The molecular formula is C12H16N2O2S3. The average Bonchev–Trinajstić information content (AvgIpc) is 3.00. The molecule has 0 spiro atoms. The van der Waals surface area contributed by atoms with Crippen LogP contribution in [0.1, 0.15) is 18.2 Å². The second-order valence-electron chi connectivity index (χ2n) is 4.04. The highest BCUT2D eigenvalue weighted by atomic mass is 32.2. The first-order chi connectivity index (χ1) is 9.12. The maximum Gasteiger partial charge on any atom is 0.262 e. The van der Waals surface area contributed by atoms with Crippen LogP contribution in [-0.4, -0.2) is 15.0 Å². The van der Waals surface area contributed by atoms with Crippen molar-refractivity contribution in [2.24, 2.45) is 0 Å². The molecule has 0 atom stereocenters. The Morgan fingerprint density at radius 3 is 2.84 bits per heavy atom. The maximum atomic E-state index is 12.1. The summed E-state index contributed by atoms with van der Waals surface area (Å²) in [4.78, 5) is 1.36. The van der Waals surface area contributed by atoms with Crippen LogP contribution < -0.4 is 10.0 Å². The van der Waals surface area contributed by atoms with Crippen molar-refractivity contribution in [3.8, 4) is 0 Å². The summed E-state index contributed by atoms with van der Waals surface area (Å²) < 4.78 is 26.8. The normalized spacial score (nSPS) is 11.6. The van der Waals surface area contributed by atoms with Crippen LogP contribution in [0.15, 0.2) is 33.2 Å². The van der Waals surface area contributed by atoms with Gasteiger partial charge in [-0.15, -0.1) is 11.3 Å². The van der Waals surface area contributed by atoms with Crippen molar-refractivity contribution in [1.82, 2.24) is 5.32 Å². The van der Waals surface area contributed by atoms with Crippen molar-refractivity contribution in [1.29, 1.82) is 0 Å². The van der Waals surface area contributed by atoms with E-state index in [0.717, 1.165) is 17.8 Å². The lowest BCUT2D eigenvalue weighted by Crippen LogP contribution is -2.13. The summed E-state index contributed by atoms with van der Waals surface area (Å²) in [6.07, 6.45) is 1.07. The molecule has 0 bridgehead atoms. The number of anilines is 1. The number of hydrogen-bond donors (Lipinski definition) is 2. The Hall–Kier alpha value is -0.890. The minimum absolute atomic E-state index is 0.331. The van der Waals surface area contributed by atoms with Crippen molar-refractivity contribution in [2.45, 2.75) is 24.8 Å². The van der Waals surface area contributed by atoms with Gasteiger partial charge in [-0.25, -0.2) is 8.42 Å². The molecule has 2 N–H and O–H groups in total. The summed E-state index contributed by atoms with van der Waals surface area (Å²) in [5.74, 6) is 0. The molecule has 0 aliphatic rings. The molecule has 104 valence electrons. The Balaban J connectivity index is 2.04. The molecule has 2 aromatic rings. The molecule has 2 rings (SSSR count). The second-order valence-corrected chi connectivity index (χ2v) is 7.50. The van der Waals surface area contributed by atoms with Crippen LogP contribution in [0.3, 0.4) is 0 Å². The molecule has 2 heterocycles. The SMILES string of the molecule is CCCNCc1cc(S(=O)(=O)Nc2ccsc2)cs1. The summed E-state index contributed by atoms with van der Waals surface area (Å²) in [6, 6.07) is 3.47. The van der Waals surface area contributed by atoms with Gasteiger partial charge in [-0.1, -0.05) is 6.92 Å². The van der Waals surface area contributed by atoms with Gasteiger partial charge in [0.15, 0.2) is 0 Å². The zero-order chi connectivity index (χ0) is 13.7. The van der Waals surface area contributed by atoms with Crippen LogP contribution in [0.2, 0.25) is 0 Å². The summed E-state index contributed by atoms with van der Waals surface area (Å²) in [7, 11) is -3.45. The number of thiophene rings is 2. The molecule has 0 aliphatic carbocycles. The third kappa shape index (κ3) is 4.04. The highest BCUT2D eigenvalue weighted by Gasteiger charge is 2.16. The van der Waals surface area contributed by atoms with Gasteiger partial charge in [0.05, 0.1) is 10.6 Å². The van der Waals surface area contributed by atoms with Crippen LogP contribution in [-0.2, 0) is 16.6 Å². The molecule has 0 unspecified atom stereocenters. The number of rotatable bonds is 7. The number of sulfonamides is 1. The lowest BCUT2D eigenvalue weighted by molar-refractivity contribution is 0.601. The van der Waals surface area contributed by atoms with E-state index in [0.29, 0.717) is 17.1 Å². The van der Waals surface area contributed by atoms with Gasteiger partial charge in [-0.3, -0.25) is 4.72 Å². The van der Waals surface area contributed by atoms with Crippen molar-refractivity contribution in [3.05, 3.63) is 33.2 Å². The predicted octanol–water partition coefficient (Wildman–Crippen LogP) is 3.11. The van der Waals surface area contributed by atoms with Crippen molar-refractivity contribution >= 4 is 38.4 Å². The first-order valence-electron chi connectivity index (χ1n) is 5.95. The van der Waals surface area contributed by atoms with Gasteiger partial charge < -0.3 is 5.32 Å². The second kappa shape index (κ2) is 6.51. The number of hydrogen-bond acceptors (Lipinski definition) is 5. The molecule has 7 heteroatoms. The van der Waals surface area contributed by atoms with Gasteiger partial charge in [-0.2, -0.15) is 11.3 Å². The van der Waals surface area contributed by atoms with Crippen molar-refractivity contribution in [2.75, 3.05) is 11.3 Å². The van der Waals surface area contributed by atoms with Crippen molar-refractivity contribution in [3.63, 3.8) is 0 Å². The lowest BCUT2D eigenvalue weighted by Gasteiger charge is -2.03. The molecular weight excluding hydrogens is 300 g/mol. The minimum atomic E-state index is -3.45. The van der Waals surface area contributed by atoms with E-state index in [9.17, 15) is 8.42 Å². The minimum Gasteiger partial charge on any atom is -0.312 e. The lowest BCUT2D eigenvalue weighted by atomic mass is 10.4. The molecule has 2 aromatic heterocycles. The van der Waals surface area contributed by atoms with Gasteiger partial charge in [0.2, 0.25) is 0 Å².